The van der Waals surface area contributed by atoms with Gasteiger partial charge in [0.15, 0.2) is 11.3 Å². The van der Waals surface area contributed by atoms with Crippen LogP contribution in [-0.4, -0.2) is 18.4 Å². The molecule has 0 amide bonds. The van der Waals surface area contributed by atoms with E-state index in [4.69, 9.17) is 4.74 Å². The Hall–Kier alpha value is -1.42. The molecular formula is C10H9NO2S. The fourth-order valence-corrected chi connectivity index (χ4v) is 2.21. The molecular weight excluding hydrogens is 198 g/mol. The molecule has 3 nitrogen and oxygen atoms in total. The van der Waals surface area contributed by atoms with Crippen LogP contribution >= 0.6 is 11.3 Å². The Morgan fingerprint density at radius 1 is 1.50 bits per heavy atom. The number of rotatable bonds is 2. The molecule has 0 radical (unpaired) electrons. The van der Waals surface area contributed by atoms with E-state index in [9.17, 15) is 4.79 Å². The summed E-state index contributed by atoms with van der Waals surface area (Å²) in [6, 6.07) is 3.83. The van der Waals surface area contributed by atoms with Crippen LogP contribution in [-0.2, 0) is 0 Å². The van der Waals surface area contributed by atoms with Gasteiger partial charge in [0.1, 0.15) is 11.3 Å². The second kappa shape index (κ2) is 3.38. The van der Waals surface area contributed by atoms with Crippen LogP contribution in [0.2, 0.25) is 0 Å². The number of carbonyl (C=O) groups excluding carboxylic acids is 1. The van der Waals surface area contributed by atoms with E-state index in [0.717, 1.165) is 27.8 Å². The number of hydrogen-bond acceptors (Lipinski definition) is 4. The lowest BCUT2D eigenvalue weighted by molar-refractivity contribution is 0.112. The fourth-order valence-electron chi connectivity index (χ4n) is 1.34. The van der Waals surface area contributed by atoms with Crippen LogP contribution in [0.15, 0.2) is 12.1 Å². The monoisotopic (exact) mass is 207 g/mol. The molecule has 0 aliphatic rings. The van der Waals surface area contributed by atoms with Crippen molar-refractivity contribution in [3.8, 4) is 5.75 Å². The largest absolute Gasteiger partial charge is 0.494 e. The molecule has 2 rings (SSSR count). The minimum absolute atomic E-state index is 0.493. The predicted octanol–water partition coefficient (Wildman–Crippen LogP) is 2.43. The van der Waals surface area contributed by atoms with Gasteiger partial charge >= 0.3 is 0 Å². The van der Waals surface area contributed by atoms with Gasteiger partial charge < -0.3 is 4.74 Å². The zero-order valence-corrected chi connectivity index (χ0v) is 8.72. The third-order valence-electron chi connectivity index (χ3n) is 2.04. The Bertz CT molecular complexity index is 490. The van der Waals surface area contributed by atoms with E-state index in [1.54, 1.807) is 7.11 Å². The second-order valence-electron chi connectivity index (χ2n) is 2.93. The van der Waals surface area contributed by atoms with E-state index in [1.165, 1.54) is 11.3 Å². The predicted molar refractivity (Wildman–Crippen MR) is 56.3 cm³/mol. The first kappa shape index (κ1) is 9.15. The number of benzene rings is 1. The SMILES string of the molecule is COc1ccc(C)c2sc(C=O)nc12. The highest BCUT2D eigenvalue weighted by Gasteiger charge is 2.09. The first-order valence-corrected chi connectivity index (χ1v) is 4.97. The molecule has 4 heteroatoms. The molecule has 1 heterocycles. The van der Waals surface area contributed by atoms with Crippen molar-refractivity contribution in [2.24, 2.45) is 0 Å². The maximum absolute atomic E-state index is 10.6. The maximum Gasteiger partial charge on any atom is 0.178 e. The van der Waals surface area contributed by atoms with Gasteiger partial charge in [-0.2, -0.15) is 0 Å². The lowest BCUT2D eigenvalue weighted by Crippen LogP contribution is -1.85. The Kier molecular flexibility index (Phi) is 2.21. The van der Waals surface area contributed by atoms with Crippen LogP contribution in [0.4, 0.5) is 0 Å². The number of nitrogens with zero attached hydrogens (tertiary/aromatic N) is 1. The van der Waals surface area contributed by atoms with Crippen molar-refractivity contribution in [1.82, 2.24) is 4.98 Å². The summed E-state index contributed by atoms with van der Waals surface area (Å²) < 4.78 is 6.19. The van der Waals surface area contributed by atoms with Crippen molar-refractivity contribution in [3.05, 3.63) is 22.7 Å². The first-order valence-electron chi connectivity index (χ1n) is 4.15. The summed E-state index contributed by atoms with van der Waals surface area (Å²) in [7, 11) is 1.60. The molecule has 1 aromatic heterocycles. The van der Waals surface area contributed by atoms with Gasteiger partial charge in [-0.05, 0) is 18.6 Å². The molecule has 2 aromatic rings. The minimum atomic E-state index is 0.493. The number of thiazole rings is 1. The Labute approximate surface area is 85.3 Å². The molecule has 0 aliphatic carbocycles. The molecule has 0 saturated carbocycles. The summed E-state index contributed by atoms with van der Waals surface area (Å²) >= 11 is 1.39. The average molecular weight is 207 g/mol. The highest BCUT2D eigenvalue weighted by atomic mass is 32.1. The van der Waals surface area contributed by atoms with Crippen molar-refractivity contribution in [2.75, 3.05) is 7.11 Å². The molecule has 0 saturated heterocycles. The van der Waals surface area contributed by atoms with Crippen molar-refractivity contribution >= 4 is 27.8 Å². The third-order valence-corrected chi connectivity index (χ3v) is 3.16. The molecule has 0 N–H and O–H groups in total. The number of aryl methyl sites for hydroxylation is 1. The van der Waals surface area contributed by atoms with Crippen molar-refractivity contribution in [2.45, 2.75) is 6.92 Å². The molecule has 0 fully saturated rings. The topological polar surface area (TPSA) is 39.2 Å². The molecule has 14 heavy (non-hydrogen) atoms. The number of hydrogen-bond donors (Lipinski definition) is 0. The highest BCUT2D eigenvalue weighted by Crippen LogP contribution is 2.31. The first-order chi connectivity index (χ1) is 6.76. The summed E-state index contributed by atoms with van der Waals surface area (Å²) in [6.45, 7) is 1.99. The van der Waals surface area contributed by atoms with Crippen molar-refractivity contribution < 1.29 is 9.53 Å². The molecule has 0 spiro atoms. The van der Waals surface area contributed by atoms with Crippen LogP contribution in [0.25, 0.3) is 10.2 Å². The maximum atomic E-state index is 10.6. The fraction of sp³-hybridized carbons (Fsp3) is 0.200. The highest BCUT2D eigenvalue weighted by molar-refractivity contribution is 7.20. The van der Waals surface area contributed by atoms with Gasteiger partial charge in [0.05, 0.1) is 11.8 Å². The third kappa shape index (κ3) is 1.28. The number of aromatic nitrogens is 1. The van der Waals surface area contributed by atoms with E-state index in [2.05, 4.69) is 4.98 Å². The van der Waals surface area contributed by atoms with Crippen LogP contribution in [0.3, 0.4) is 0 Å². The van der Waals surface area contributed by atoms with Crippen LogP contribution < -0.4 is 4.74 Å². The van der Waals surface area contributed by atoms with E-state index in [1.807, 2.05) is 19.1 Å². The molecule has 0 unspecified atom stereocenters. The Balaban J connectivity index is 2.81. The van der Waals surface area contributed by atoms with E-state index >= 15 is 0 Å². The number of aldehydes is 1. The zero-order valence-electron chi connectivity index (χ0n) is 7.90. The van der Waals surface area contributed by atoms with Crippen molar-refractivity contribution in [1.29, 1.82) is 0 Å². The Morgan fingerprint density at radius 2 is 2.29 bits per heavy atom. The van der Waals surface area contributed by atoms with Gasteiger partial charge in [0.2, 0.25) is 0 Å². The van der Waals surface area contributed by atoms with E-state index in [0.29, 0.717) is 5.01 Å². The molecule has 1 aromatic carbocycles. The normalized spacial score (nSPS) is 10.4. The molecule has 0 atom stereocenters. The number of methoxy groups -OCH3 is 1. The van der Waals surface area contributed by atoms with Crippen molar-refractivity contribution in [3.63, 3.8) is 0 Å². The second-order valence-corrected chi connectivity index (χ2v) is 3.96. The summed E-state index contributed by atoms with van der Waals surface area (Å²) in [4.78, 5) is 14.8. The average Bonchev–Trinajstić information content (AvgIpc) is 2.63. The van der Waals surface area contributed by atoms with Crippen LogP contribution in [0, 0.1) is 6.92 Å². The number of ether oxygens (including phenoxy) is 1. The summed E-state index contributed by atoms with van der Waals surface area (Å²) in [5.74, 6) is 0.718. The lowest BCUT2D eigenvalue weighted by Gasteiger charge is -2.01. The summed E-state index contributed by atoms with van der Waals surface area (Å²) in [5.41, 5.74) is 1.89. The van der Waals surface area contributed by atoms with Gasteiger partial charge in [0, 0.05) is 0 Å². The van der Waals surface area contributed by atoms with Crippen LogP contribution in [0.5, 0.6) is 5.75 Å². The van der Waals surface area contributed by atoms with Gasteiger partial charge in [-0.25, -0.2) is 4.98 Å². The standard InChI is InChI=1S/C10H9NO2S/c1-6-3-4-7(13-2)9-10(6)14-8(5-12)11-9/h3-5H,1-2H3. The number of carbonyl (C=O) groups is 1. The summed E-state index contributed by atoms with van der Waals surface area (Å²) in [5, 5.41) is 0.493. The zero-order chi connectivity index (χ0) is 10.1. The molecule has 72 valence electrons. The Morgan fingerprint density at radius 3 is 2.93 bits per heavy atom. The summed E-state index contributed by atoms with van der Waals surface area (Å²) in [6.07, 6.45) is 0.767. The van der Waals surface area contributed by atoms with Gasteiger partial charge in [-0.1, -0.05) is 6.07 Å². The van der Waals surface area contributed by atoms with Gasteiger partial charge in [-0.15, -0.1) is 11.3 Å². The van der Waals surface area contributed by atoms with E-state index < -0.39 is 0 Å². The quantitative estimate of drug-likeness (QED) is 0.710. The molecule has 0 bridgehead atoms. The lowest BCUT2D eigenvalue weighted by atomic mass is 10.2. The molecule has 0 aliphatic heterocycles. The smallest absolute Gasteiger partial charge is 0.178 e. The van der Waals surface area contributed by atoms with Gasteiger partial charge in [0.25, 0.3) is 0 Å². The van der Waals surface area contributed by atoms with Crippen LogP contribution in [0.1, 0.15) is 15.4 Å². The minimum Gasteiger partial charge on any atom is -0.494 e. The van der Waals surface area contributed by atoms with E-state index in [-0.39, 0.29) is 0 Å². The number of fused-ring (bicyclic) bond motifs is 1. The van der Waals surface area contributed by atoms with Gasteiger partial charge in [-0.3, -0.25) is 4.79 Å².